The van der Waals surface area contributed by atoms with Crippen molar-refractivity contribution in [2.75, 3.05) is 59.4 Å². The van der Waals surface area contributed by atoms with Crippen LogP contribution in [0.1, 0.15) is 25.8 Å². The van der Waals surface area contributed by atoms with E-state index >= 15 is 0 Å². The van der Waals surface area contributed by atoms with Crippen molar-refractivity contribution in [3.8, 4) is 11.5 Å². The minimum atomic E-state index is -0.471. The van der Waals surface area contributed by atoms with Crippen LogP contribution >= 0.6 is 0 Å². The van der Waals surface area contributed by atoms with Gasteiger partial charge in [-0.25, -0.2) is 0 Å². The van der Waals surface area contributed by atoms with Crippen molar-refractivity contribution in [2.24, 2.45) is 11.8 Å². The summed E-state index contributed by atoms with van der Waals surface area (Å²) >= 11 is 0. The number of fused-ring (bicyclic) bond motifs is 1. The summed E-state index contributed by atoms with van der Waals surface area (Å²) in [5.74, 6) is 2.49. The predicted octanol–water partition coefficient (Wildman–Crippen LogP) is 1.99. The highest BCUT2D eigenvalue weighted by molar-refractivity contribution is 5.91. The van der Waals surface area contributed by atoms with Crippen molar-refractivity contribution in [1.82, 2.24) is 9.80 Å². The number of nitrogens with zero attached hydrogens (tertiary/aromatic N) is 2. The Kier molecular flexibility index (Phi) is 8.66. The Balaban J connectivity index is 1.28. The molecule has 1 amide bonds. The number of amides is 1. The lowest BCUT2D eigenvalue weighted by Crippen LogP contribution is -2.49. The number of benzene rings is 1. The second-order valence-corrected chi connectivity index (χ2v) is 9.18. The van der Waals surface area contributed by atoms with Crippen LogP contribution in [0.15, 0.2) is 30.0 Å². The summed E-state index contributed by atoms with van der Waals surface area (Å²) in [6.45, 7) is 9.27. The van der Waals surface area contributed by atoms with Crippen molar-refractivity contribution in [2.45, 2.75) is 33.1 Å². The molecule has 188 valence electrons. The van der Waals surface area contributed by atoms with E-state index in [1.807, 2.05) is 23.1 Å². The number of hydrogen-bond acceptors (Lipinski definition) is 8. The molecular formula is C25H36N2O7. The number of piperazine rings is 1. The van der Waals surface area contributed by atoms with Crippen molar-refractivity contribution in [1.29, 1.82) is 0 Å². The molecule has 0 bridgehead atoms. The number of rotatable bonds is 10. The molecule has 3 aliphatic rings. The molecule has 0 radical (unpaired) electrons. The highest BCUT2D eigenvalue weighted by Crippen LogP contribution is 2.33. The second kappa shape index (κ2) is 11.9. The smallest absolute Gasteiger partial charge is 0.288 e. The van der Waals surface area contributed by atoms with Gasteiger partial charge in [-0.2, -0.15) is 0 Å². The first-order chi connectivity index (χ1) is 16.5. The van der Waals surface area contributed by atoms with Crippen molar-refractivity contribution in [3.63, 3.8) is 0 Å². The van der Waals surface area contributed by atoms with Gasteiger partial charge in [-0.1, -0.05) is 19.9 Å². The van der Waals surface area contributed by atoms with Gasteiger partial charge >= 0.3 is 0 Å². The molecule has 1 N–H and O–H groups in total. The van der Waals surface area contributed by atoms with E-state index in [1.165, 1.54) is 5.56 Å². The normalized spacial score (nSPS) is 22.6. The lowest BCUT2D eigenvalue weighted by Gasteiger charge is -2.37. The highest BCUT2D eigenvalue weighted by Gasteiger charge is 2.32. The molecule has 1 saturated heterocycles. The lowest BCUT2D eigenvalue weighted by molar-refractivity contribution is -0.161. The number of aliphatic hydroxyl groups is 1. The predicted molar refractivity (Wildman–Crippen MR) is 124 cm³/mol. The van der Waals surface area contributed by atoms with E-state index in [9.17, 15) is 4.79 Å². The first-order valence-electron chi connectivity index (χ1n) is 12.1. The molecule has 9 heteroatoms. The number of ether oxygens (including phenoxy) is 5. The molecule has 1 aromatic rings. The van der Waals surface area contributed by atoms with Crippen LogP contribution in [0.2, 0.25) is 0 Å². The molecule has 2 unspecified atom stereocenters. The van der Waals surface area contributed by atoms with Crippen molar-refractivity contribution >= 4 is 5.91 Å². The Morgan fingerprint density at radius 3 is 2.68 bits per heavy atom. The molecule has 0 spiro atoms. The largest absolute Gasteiger partial charge is 0.459 e. The zero-order valence-electron chi connectivity index (χ0n) is 20.1. The van der Waals surface area contributed by atoms with E-state index in [0.717, 1.165) is 31.1 Å². The number of hydrogen-bond donors (Lipinski definition) is 1. The van der Waals surface area contributed by atoms with E-state index < -0.39 is 6.29 Å². The Labute approximate surface area is 201 Å². The average Bonchev–Trinajstić information content (AvgIpc) is 3.32. The zero-order valence-corrected chi connectivity index (χ0v) is 20.1. The summed E-state index contributed by atoms with van der Waals surface area (Å²) in [4.78, 5) is 17.5. The fourth-order valence-electron chi connectivity index (χ4n) is 4.37. The van der Waals surface area contributed by atoms with Crippen molar-refractivity contribution in [3.05, 3.63) is 35.6 Å². The van der Waals surface area contributed by atoms with Crippen LogP contribution in [-0.4, -0.2) is 86.5 Å². The third kappa shape index (κ3) is 6.41. The molecule has 9 nitrogen and oxygen atoms in total. The lowest BCUT2D eigenvalue weighted by atomic mass is 9.90. The second-order valence-electron chi connectivity index (χ2n) is 9.18. The molecule has 0 aromatic heterocycles. The quantitative estimate of drug-likeness (QED) is 0.513. The van der Waals surface area contributed by atoms with E-state index in [0.29, 0.717) is 44.4 Å². The first kappa shape index (κ1) is 24.8. The van der Waals surface area contributed by atoms with Crippen LogP contribution in [0.3, 0.4) is 0 Å². The van der Waals surface area contributed by atoms with E-state index in [2.05, 4.69) is 24.8 Å². The Hall–Kier alpha value is -2.33. The van der Waals surface area contributed by atoms with Gasteiger partial charge < -0.3 is 33.7 Å². The van der Waals surface area contributed by atoms with Crippen molar-refractivity contribution < 1.29 is 33.6 Å². The van der Waals surface area contributed by atoms with E-state index in [4.69, 9.17) is 28.8 Å². The van der Waals surface area contributed by atoms with Crippen LogP contribution in [0.5, 0.6) is 11.5 Å². The topological polar surface area (TPSA) is 89.9 Å². The number of aliphatic hydroxyl groups excluding tert-OH is 1. The maximum absolute atomic E-state index is 13.3. The monoisotopic (exact) mass is 476 g/mol. The third-order valence-electron chi connectivity index (χ3n) is 6.43. The average molecular weight is 477 g/mol. The van der Waals surface area contributed by atoms with E-state index in [-0.39, 0.29) is 31.8 Å². The summed E-state index contributed by atoms with van der Waals surface area (Å²) in [6, 6.07) is 6.04. The van der Waals surface area contributed by atoms with Gasteiger partial charge in [0.2, 0.25) is 13.1 Å². The number of allylic oxidation sites excluding steroid dienone is 1. The maximum atomic E-state index is 13.3. The van der Waals surface area contributed by atoms with Gasteiger partial charge in [-0.05, 0) is 35.6 Å². The number of carbonyl (C=O) groups excluding carboxylic acids is 1. The fraction of sp³-hybridized carbons (Fsp3) is 0.640. The van der Waals surface area contributed by atoms with Gasteiger partial charge in [-0.15, -0.1) is 0 Å². The van der Waals surface area contributed by atoms with Gasteiger partial charge in [0.25, 0.3) is 5.91 Å². The van der Waals surface area contributed by atoms with Crippen LogP contribution in [0.25, 0.3) is 0 Å². The van der Waals surface area contributed by atoms with Crippen LogP contribution < -0.4 is 9.47 Å². The first-order valence-corrected chi connectivity index (χ1v) is 12.1. The molecule has 34 heavy (non-hydrogen) atoms. The maximum Gasteiger partial charge on any atom is 0.288 e. The van der Waals surface area contributed by atoms with Gasteiger partial charge in [0, 0.05) is 39.1 Å². The summed E-state index contributed by atoms with van der Waals surface area (Å²) in [5, 5.41) is 8.80. The van der Waals surface area contributed by atoms with Crippen LogP contribution in [0.4, 0.5) is 0 Å². The van der Waals surface area contributed by atoms with Gasteiger partial charge in [-0.3, -0.25) is 9.69 Å². The SMILES string of the molecule is CC(C)C1C=C(C(=O)N2CCN(Cc3ccc4c(c3)OCO4)CC2)OC(OCCOCCO)C1. The van der Waals surface area contributed by atoms with E-state index in [1.54, 1.807) is 0 Å². The van der Waals surface area contributed by atoms with Crippen LogP contribution in [0, 0.1) is 11.8 Å². The molecule has 1 aromatic carbocycles. The molecule has 0 saturated carbocycles. The standard InChI is InChI=1S/C25H36N2O7/c1-18(2)20-14-23(34-24(15-20)31-12-11-30-10-9-28)25(29)27-7-5-26(6-8-27)16-19-3-4-21-22(13-19)33-17-32-21/h3-4,13-14,18,20,24,28H,5-12,15-17H2,1-2H3. The summed E-state index contributed by atoms with van der Waals surface area (Å²) in [7, 11) is 0. The fourth-order valence-corrected chi connectivity index (χ4v) is 4.37. The molecule has 4 rings (SSSR count). The van der Waals surface area contributed by atoms with Gasteiger partial charge in [0.05, 0.1) is 26.4 Å². The summed E-state index contributed by atoms with van der Waals surface area (Å²) < 4.78 is 27.9. The molecule has 0 aliphatic carbocycles. The minimum Gasteiger partial charge on any atom is -0.459 e. The van der Waals surface area contributed by atoms with Gasteiger partial charge in [0.1, 0.15) is 0 Å². The third-order valence-corrected chi connectivity index (χ3v) is 6.43. The molecule has 3 heterocycles. The Bertz CT molecular complexity index is 852. The highest BCUT2D eigenvalue weighted by atomic mass is 16.7. The van der Waals surface area contributed by atoms with Gasteiger partial charge in [0.15, 0.2) is 17.3 Å². The Morgan fingerprint density at radius 1 is 1.12 bits per heavy atom. The summed E-state index contributed by atoms with van der Waals surface area (Å²) in [5.41, 5.74) is 1.17. The zero-order chi connectivity index (χ0) is 23.9. The molecule has 1 fully saturated rings. The molecular weight excluding hydrogens is 440 g/mol. The molecule has 3 aliphatic heterocycles. The number of carbonyl (C=O) groups is 1. The summed E-state index contributed by atoms with van der Waals surface area (Å²) in [6.07, 6.45) is 2.20. The Morgan fingerprint density at radius 2 is 1.91 bits per heavy atom. The minimum absolute atomic E-state index is 0.0132. The molecule has 2 atom stereocenters. The van der Waals surface area contributed by atoms with Crippen LogP contribution in [-0.2, 0) is 25.5 Å².